The molecule has 0 aromatic heterocycles. The second-order valence-corrected chi connectivity index (χ2v) is 6.69. The molecule has 1 aromatic carbocycles. The maximum absolute atomic E-state index is 12.3. The van der Waals surface area contributed by atoms with Crippen LogP contribution in [0.2, 0.25) is 0 Å². The molecule has 1 N–H and O–H groups in total. The molecule has 7 nitrogen and oxygen atoms in total. The third kappa shape index (κ3) is 4.52. The summed E-state index contributed by atoms with van der Waals surface area (Å²) in [6.07, 6.45) is 0.109. The van der Waals surface area contributed by atoms with Gasteiger partial charge in [0, 0.05) is 19.0 Å². The van der Waals surface area contributed by atoms with Crippen LogP contribution < -0.4 is 13.8 Å². The molecular formula is C14H21NO6S. The fraction of sp³-hybridized carbons (Fsp3) is 0.500. The van der Waals surface area contributed by atoms with E-state index in [1.54, 1.807) is 18.2 Å². The molecule has 0 unspecified atom stereocenters. The van der Waals surface area contributed by atoms with Gasteiger partial charge in [0.2, 0.25) is 10.0 Å². The molecule has 0 aliphatic rings. The molecule has 1 rings (SSSR count). The number of benzene rings is 1. The third-order valence-electron chi connectivity index (χ3n) is 3.11. The topological polar surface area (TPSA) is 93.1 Å². The highest BCUT2D eigenvalue weighted by molar-refractivity contribution is 7.92. The van der Waals surface area contributed by atoms with Crippen molar-refractivity contribution in [1.29, 1.82) is 0 Å². The number of carbonyl (C=O) groups is 1. The largest absolute Gasteiger partial charge is 0.497 e. The van der Waals surface area contributed by atoms with Crippen molar-refractivity contribution in [3.05, 3.63) is 18.2 Å². The predicted molar refractivity (Wildman–Crippen MR) is 83.2 cm³/mol. The lowest BCUT2D eigenvalue weighted by Gasteiger charge is -2.25. The first-order chi connectivity index (χ1) is 10.4. The van der Waals surface area contributed by atoms with Gasteiger partial charge in [0.25, 0.3) is 0 Å². The lowest BCUT2D eigenvalue weighted by atomic mass is 10.2. The van der Waals surface area contributed by atoms with E-state index in [1.165, 1.54) is 25.4 Å². The van der Waals surface area contributed by atoms with Crippen LogP contribution in [0.3, 0.4) is 0 Å². The Labute approximate surface area is 130 Å². The van der Waals surface area contributed by atoms with Crippen molar-refractivity contribution >= 4 is 21.7 Å². The van der Waals surface area contributed by atoms with E-state index in [1.807, 2.05) is 0 Å². The van der Waals surface area contributed by atoms with Gasteiger partial charge in [-0.05, 0) is 25.5 Å². The van der Waals surface area contributed by atoms with E-state index in [0.717, 1.165) is 0 Å². The molecule has 0 bridgehead atoms. The van der Waals surface area contributed by atoms with Gasteiger partial charge in [-0.1, -0.05) is 0 Å². The summed E-state index contributed by atoms with van der Waals surface area (Å²) in [5, 5.41) is 8.72. The Hall–Kier alpha value is -1.96. The molecule has 1 aromatic rings. The summed E-state index contributed by atoms with van der Waals surface area (Å²) in [7, 11) is -0.605. The monoisotopic (exact) mass is 331 g/mol. The van der Waals surface area contributed by atoms with Crippen LogP contribution >= 0.6 is 0 Å². The van der Waals surface area contributed by atoms with Crippen LogP contribution in [-0.2, 0) is 14.8 Å². The SMILES string of the molecule is CCS(=O)(=O)N(CCCC(=O)O)c1ccc(OC)cc1OC. The number of sulfonamides is 1. The van der Waals surface area contributed by atoms with Crippen molar-refractivity contribution in [3.63, 3.8) is 0 Å². The molecule has 22 heavy (non-hydrogen) atoms. The molecule has 0 fully saturated rings. The van der Waals surface area contributed by atoms with Crippen LogP contribution in [-0.4, -0.2) is 46.0 Å². The second kappa shape index (κ2) is 7.88. The van der Waals surface area contributed by atoms with E-state index in [9.17, 15) is 13.2 Å². The van der Waals surface area contributed by atoms with Gasteiger partial charge in [-0.15, -0.1) is 0 Å². The highest BCUT2D eigenvalue weighted by atomic mass is 32.2. The molecule has 0 atom stereocenters. The van der Waals surface area contributed by atoms with Crippen LogP contribution in [0.4, 0.5) is 5.69 Å². The Kier molecular flexibility index (Phi) is 6.48. The van der Waals surface area contributed by atoms with Gasteiger partial charge in [0.05, 0.1) is 25.7 Å². The molecule has 0 amide bonds. The minimum atomic E-state index is -3.54. The van der Waals surface area contributed by atoms with Crippen LogP contribution in [0.15, 0.2) is 18.2 Å². The number of anilines is 1. The zero-order valence-corrected chi connectivity index (χ0v) is 13.7. The first-order valence-corrected chi connectivity index (χ1v) is 8.40. The summed E-state index contributed by atoms with van der Waals surface area (Å²) in [6, 6.07) is 4.81. The van der Waals surface area contributed by atoms with E-state index in [2.05, 4.69) is 0 Å². The summed E-state index contributed by atoms with van der Waals surface area (Å²) >= 11 is 0. The van der Waals surface area contributed by atoms with E-state index < -0.39 is 16.0 Å². The Morgan fingerprint density at radius 3 is 2.45 bits per heavy atom. The van der Waals surface area contributed by atoms with E-state index in [0.29, 0.717) is 17.2 Å². The van der Waals surface area contributed by atoms with Gasteiger partial charge >= 0.3 is 5.97 Å². The number of hydrogen-bond acceptors (Lipinski definition) is 5. The van der Waals surface area contributed by atoms with Crippen LogP contribution in [0.1, 0.15) is 19.8 Å². The number of ether oxygens (including phenoxy) is 2. The van der Waals surface area contributed by atoms with Crippen molar-refractivity contribution in [2.45, 2.75) is 19.8 Å². The van der Waals surface area contributed by atoms with Gasteiger partial charge < -0.3 is 14.6 Å². The maximum Gasteiger partial charge on any atom is 0.303 e. The number of carboxylic acids is 1. The van der Waals surface area contributed by atoms with Crippen molar-refractivity contribution in [3.8, 4) is 11.5 Å². The molecule has 0 radical (unpaired) electrons. The molecule has 0 saturated heterocycles. The van der Waals surface area contributed by atoms with Crippen molar-refractivity contribution < 1.29 is 27.8 Å². The minimum absolute atomic E-state index is 0.0746. The Balaban J connectivity index is 3.18. The van der Waals surface area contributed by atoms with E-state index >= 15 is 0 Å². The predicted octanol–water partition coefficient (Wildman–Crippen LogP) is 1.72. The van der Waals surface area contributed by atoms with Crippen LogP contribution in [0.5, 0.6) is 11.5 Å². The van der Waals surface area contributed by atoms with Crippen molar-refractivity contribution in [2.24, 2.45) is 0 Å². The number of rotatable bonds is 9. The fourth-order valence-corrected chi connectivity index (χ4v) is 3.10. The first kappa shape index (κ1) is 18.1. The van der Waals surface area contributed by atoms with E-state index in [-0.39, 0.29) is 25.1 Å². The number of nitrogens with zero attached hydrogens (tertiary/aromatic N) is 1. The summed E-state index contributed by atoms with van der Waals surface area (Å²) < 4.78 is 36.1. The third-order valence-corrected chi connectivity index (χ3v) is 4.89. The van der Waals surface area contributed by atoms with Gasteiger partial charge in [-0.25, -0.2) is 8.42 Å². The molecule has 8 heteroatoms. The van der Waals surface area contributed by atoms with Crippen molar-refractivity contribution in [2.75, 3.05) is 30.8 Å². The van der Waals surface area contributed by atoms with Gasteiger partial charge in [-0.2, -0.15) is 0 Å². The zero-order chi connectivity index (χ0) is 16.8. The summed E-state index contributed by atoms with van der Waals surface area (Å²) in [6.45, 7) is 1.61. The Morgan fingerprint density at radius 2 is 1.95 bits per heavy atom. The summed E-state index contributed by atoms with van der Waals surface area (Å²) in [5.41, 5.74) is 0.371. The quantitative estimate of drug-likeness (QED) is 0.740. The average Bonchev–Trinajstić information content (AvgIpc) is 2.50. The summed E-state index contributed by atoms with van der Waals surface area (Å²) in [5.74, 6) is -0.155. The highest BCUT2D eigenvalue weighted by Crippen LogP contribution is 2.34. The fourth-order valence-electron chi connectivity index (χ4n) is 1.93. The average molecular weight is 331 g/mol. The van der Waals surface area contributed by atoms with Crippen LogP contribution in [0.25, 0.3) is 0 Å². The molecule has 124 valence electrons. The Bertz CT molecular complexity index is 614. The normalized spacial score (nSPS) is 11.0. The van der Waals surface area contributed by atoms with Crippen LogP contribution in [0, 0.1) is 0 Å². The highest BCUT2D eigenvalue weighted by Gasteiger charge is 2.24. The molecule has 0 saturated carbocycles. The summed E-state index contributed by atoms with van der Waals surface area (Å²) in [4.78, 5) is 10.6. The second-order valence-electron chi connectivity index (χ2n) is 4.51. The Morgan fingerprint density at radius 1 is 1.27 bits per heavy atom. The number of carboxylic acid groups (broad SMARTS) is 1. The first-order valence-electron chi connectivity index (χ1n) is 6.80. The molecule has 0 aliphatic heterocycles. The molecule has 0 spiro atoms. The molecule has 0 aliphatic carbocycles. The lowest BCUT2D eigenvalue weighted by Crippen LogP contribution is -2.33. The number of hydrogen-bond donors (Lipinski definition) is 1. The standard InChI is InChI=1S/C14H21NO6S/c1-4-22(18,19)15(9-5-6-14(16)17)12-8-7-11(20-2)10-13(12)21-3/h7-8,10H,4-6,9H2,1-3H3,(H,16,17). The molecule has 0 heterocycles. The lowest BCUT2D eigenvalue weighted by molar-refractivity contribution is -0.137. The number of aliphatic carboxylic acids is 1. The molecular weight excluding hydrogens is 310 g/mol. The van der Waals surface area contributed by atoms with Gasteiger partial charge in [0.15, 0.2) is 0 Å². The smallest absolute Gasteiger partial charge is 0.303 e. The minimum Gasteiger partial charge on any atom is -0.497 e. The van der Waals surface area contributed by atoms with Crippen molar-refractivity contribution in [1.82, 2.24) is 0 Å². The van der Waals surface area contributed by atoms with E-state index in [4.69, 9.17) is 14.6 Å². The van der Waals surface area contributed by atoms with Gasteiger partial charge in [0.1, 0.15) is 11.5 Å². The number of methoxy groups -OCH3 is 2. The maximum atomic E-state index is 12.3. The van der Waals surface area contributed by atoms with Gasteiger partial charge in [-0.3, -0.25) is 9.10 Å². The zero-order valence-electron chi connectivity index (χ0n) is 12.9.